The van der Waals surface area contributed by atoms with E-state index in [1.807, 2.05) is 55.5 Å². The number of ketones is 1. The molecule has 1 amide bonds. The van der Waals surface area contributed by atoms with Gasteiger partial charge in [0, 0.05) is 31.5 Å². The number of aryl methyl sites for hydroxylation is 2. The summed E-state index contributed by atoms with van der Waals surface area (Å²) in [6.45, 7) is 4.48. The van der Waals surface area contributed by atoms with Crippen molar-refractivity contribution >= 4 is 40.2 Å². The van der Waals surface area contributed by atoms with Crippen LogP contribution in [0.1, 0.15) is 54.7 Å². The van der Waals surface area contributed by atoms with Crippen LogP contribution in [-0.2, 0) is 19.2 Å². The van der Waals surface area contributed by atoms with Gasteiger partial charge >= 0.3 is 11.9 Å². The lowest BCUT2D eigenvalue weighted by Crippen LogP contribution is -2.43. The van der Waals surface area contributed by atoms with Crippen molar-refractivity contribution in [1.29, 1.82) is 0 Å². The maximum atomic E-state index is 13.3. The molecule has 228 valence electrons. The van der Waals surface area contributed by atoms with E-state index in [9.17, 15) is 29.4 Å². The zero-order valence-electron chi connectivity index (χ0n) is 24.9. The number of aliphatic carboxylic acids is 2. The topological polar surface area (TPSA) is 146 Å². The fraction of sp³-hybridized carbons (Fsp3) is 0.286. The molecule has 2 atom stereocenters. The number of carbonyl (C=O) groups is 4. The van der Waals surface area contributed by atoms with Crippen molar-refractivity contribution in [3.8, 4) is 11.1 Å². The number of carboxylic acid groups (broad SMARTS) is 2. The number of nitrogens with zero attached hydrogens (tertiary/aromatic N) is 1. The van der Waals surface area contributed by atoms with Crippen LogP contribution in [-0.4, -0.2) is 51.4 Å². The molecule has 44 heavy (non-hydrogen) atoms. The lowest BCUT2D eigenvalue weighted by atomic mass is 9.87. The second-order valence-corrected chi connectivity index (χ2v) is 11.0. The van der Waals surface area contributed by atoms with Crippen LogP contribution in [0.15, 0.2) is 79.0 Å². The Kier molecular flexibility index (Phi) is 10.8. The van der Waals surface area contributed by atoms with Crippen LogP contribution >= 0.6 is 0 Å². The molecule has 4 rings (SSSR count). The maximum absolute atomic E-state index is 13.3. The zero-order valence-corrected chi connectivity index (χ0v) is 24.9. The minimum absolute atomic E-state index is 0.0793. The third-order valence-electron chi connectivity index (χ3n) is 7.61. The molecule has 9 heteroatoms. The summed E-state index contributed by atoms with van der Waals surface area (Å²) in [5, 5.41) is 27.0. The molecule has 1 aromatic heterocycles. The van der Waals surface area contributed by atoms with Crippen molar-refractivity contribution in [2.45, 2.75) is 57.9 Å². The van der Waals surface area contributed by atoms with Gasteiger partial charge in [-0.25, -0.2) is 4.98 Å². The summed E-state index contributed by atoms with van der Waals surface area (Å²) in [6.07, 6.45) is 1.08. The second kappa shape index (κ2) is 14.9. The Hall–Kier alpha value is -5.05. The van der Waals surface area contributed by atoms with Crippen LogP contribution < -0.4 is 10.6 Å². The normalized spacial score (nSPS) is 12.3. The summed E-state index contributed by atoms with van der Waals surface area (Å²) in [5.41, 5.74) is 4.86. The molecule has 0 aliphatic carbocycles. The highest BCUT2D eigenvalue weighted by molar-refractivity contribution is 5.98. The first-order valence-electron chi connectivity index (χ1n) is 14.6. The van der Waals surface area contributed by atoms with Gasteiger partial charge in [0.05, 0.1) is 18.9 Å². The van der Waals surface area contributed by atoms with Gasteiger partial charge in [-0.3, -0.25) is 19.2 Å². The van der Waals surface area contributed by atoms with Crippen LogP contribution in [0.2, 0.25) is 0 Å². The van der Waals surface area contributed by atoms with Crippen molar-refractivity contribution in [2.75, 3.05) is 11.9 Å². The molecule has 0 aliphatic heterocycles. The number of rotatable bonds is 15. The molecular formula is C35H37N3O6. The number of anilines is 1. The first-order valence-corrected chi connectivity index (χ1v) is 14.6. The largest absolute Gasteiger partial charge is 0.481 e. The molecule has 0 radical (unpaired) electrons. The highest BCUT2D eigenvalue weighted by atomic mass is 16.4. The lowest BCUT2D eigenvalue weighted by molar-refractivity contribution is -0.141. The summed E-state index contributed by atoms with van der Waals surface area (Å²) >= 11 is 0. The number of nitrogens with one attached hydrogen (secondary N) is 2. The van der Waals surface area contributed by atoms with Crippen LogP contribution in [0.4, 0.5) is 5.82 Å². The Labute approximate surface area is 256 Å². The molecule has 9 nitrogen and oxygen atoms in total. The fourth-order valence-electron chi connectivity index (χ4n) is 5.32. The number of carboxylic acids is 2. The van der Waals surface area contributed by atoms with E-state index < -0.39 is 42.0 Å². The molecule has 0 aliphatic rings. The van der Waals surface area contributed by atoms with Gasteiger partial charge in [0.2, 0.25) is 5.91 Å². The van der Waals surface area contributed by atoms with Gasteiger partial charge in [0.15, 0.2) is 5.78 Å². The number of aromatic nitrogens is 1. The smallest absolute Gasteiger partial charge is 0.305 e. The lowest BCUT2D eigenvalue weighted by Gasteiger charge is -2.20. The summed E-state index contributed by atoms with van der Waals surface area (Å²) in [5.74, 6) is -3.29. The van der Waals surface area contributed by atoms with Crippen LogP contribution in [0.5, 0.6) is 0 Å². The molecular weight excluding hydrogens is 558 g/mol. The van der Waals surface area contributed by atoms with E-state index in [-0.39, 0.29) is 19.3 Å². The highest BCUT2D eigenvalue weighted by Crippen LogP contribution is 2.33. The van der Waals surface area contributed by atoms with Gasteiger partial charge in [-0.2, -0.15) is 0 Å². The molecule has 0 saturated heterocycles. The third kappa shape index (κ3) is 8.73. The van der Waals surface area contributed by atoms with Gasteiger partial charge in [0.25, 0.3) is 0 Å². The van der Waals surface area contributed by atoms with E-state index in [0.717, 1.165) is 27.5 Å². The van der Waals surface area contributed by atoms with E-state index in [4.69, 9.17) is 0 Å². The van der Waals surface area contributed by atoms with Crippen LogP contribution in [0.3, 0.4) is 0 Å². The number of carbonyl (C=O) groups excluding carboxylic acids is 2. The summed E-state index contributed by atoms with van der Waals surface area (Å²) in [4.78, 5) is 53.4. The second-order valence-electron chi connectivity index (χ2n) is 11.0. The van der Waals surface area contributed by atoms with Gasteiger partial charge in [0.1, 0.15) is 5.82 Å². The molecule has 0 spiro atoms. The minimum Gasteiger partial charge on any atom is -0.481 e. The molecule has 4 aromatic rings. The number of hydrogen-bond donors (Lipinski definition) is 4. The quantitative estimate of drug-likeness (QED) is 0.125. The minimum atomic E-state index is -1.26. The molecule has 0 fully saturated rings. The fourth-order valence-corrected chi connectivity index (χ4v) is 5.32. The number of fused-ring (bicyclic) bond motifs is 1. The zero-order chi connectivity index (χ0) is 31.6. The Balaban J connectivity index is 1.43. The first-order chi connectivity index (χ1) is 21.1. The number of benzene rings is 3. The predicted molar refractivity (Wildman–Crippen MR) is 170 cm³/mol. The van der Waals surface area contributed by atoms with E-state index in [0.29, 0.717) is 24.3 Å². The Morgan fingerprint density at radius 2 is 1.52 bits per heavy atom. The molecule has 4 N–H and O–H groups in total. The van der Waals surface area contributed by atoms with E-state index in [1.165, 1.54) is 5.56 Å². The van der Waals surface area contributed by atoms with Gasteiger partial charge in [-0.15, -0.1) is 0 Å². The number of pyridine rings is 1. The van der Waals surface area contributed by atoms with E-state index in [2.05, 4.69) is 46.8 Å². The summed E-state index contributed by atoms with van der Waals surface area (Å²) in [7, 11) is 0. The van der Waals surface area contributed by atoms with E-state index in [1.54, 1.807) is 6.20 Å². The van der Waals surface area contributed by atoms with E-state index >= 15 is 0 Å². The maximum Gasteiger partial charge on any atom is 0.305 e. The van der Waals surface area contributed by atoms with Crippen molar-refractivity contribution in [2.24, 2.45) is 0 Å². The van der Waals surface area contributed by atoms with Gasteiger partial charge < -0.3 is 20.8 Å². The average molecular weight is 596 g/mol. The molecule has 3 aromatic carbocycles. The van der Waals surface area contributed by atoms with Crippen LogP contribution in [0, 0.1) is 13.8 Å². The van der Waals surface area contributed by atoms with Crippen molar-refractivity contribution in [1.82, 2.24) is 10.3 Å². The standard InChI is InChI=1S/C35H37N3O6/c1-22-15-17-37-32(18-22)36-16-5-8-33(40)38-30(21-35(43)44)31(39)19-26(20-34(41)42)24-10-12-25(13-11-24)28-14-9-23(2)27-6-3-4-7-29(27)28/h3-4,6-7,9-15,17-18,26,30H,5,8,16,19-21H2,1-2H3,(H,36,37)(H,38,40)(H,41,42)(H,43,44)/t26-,30-/m0/s1. The Bertz CT molecular complexity index is 1650. The Morgan fingerprint density at radius 1 is 0.818 bits per heavy atom. The Morgan fingerprint density at radius 3 is 2.20 bits per heavy atom. The summed E-state index contributed by atoms with van der Waals surface area (Å²) in [6, 6.07) is 22.2. The highest BCUT2D eigenvalue weighted by Gasteiger charge is 2.28. The van der Waals surface area contributed by atoms with Crippen molar-refractivity contribution in [3.63, 3.8) is 0 Å². The molecule has 0 saturated carbocycles. The predicted octanol–water partition coefficient (Wildman–Crippen LogP) is 5.89. The van der Waals surface area contributed by atoms with Gasteiger partial charge in [-0.1, -0.05) is 60.7 Å². The number of hydrogen-bond acceptors (Lipinski definition) is 6. The number of Topliss-reactive ketones (excluding diaryl/α,β-unsaturated/α-hetero) is 1. The molecule has 0 unspecified atom stereocenters. The van der Waals surface area contributed by atoms with Crippen LogP contribution in [0.25, 0.3) is 21.9 Å². The SMILES string of the molecule is Cc1ccnc(NCCCC(=O)N[C@@H](CC(=O)O)C(=O)C[C@@H](CC(=O)O)c2ccc(-c3ccc(C)c4ccccc34)cc2)c1. The molecule has 0 bridgehead atoms. The third-order valence-corrected chi connectivity index (χ3v) is 7.61. The van der Waals surface area contributed by atoms with Crippen molar-refractivity contribution < 1.29 is 29.4 Å². The summed E-state index contributed by atoms with van der Waals surface area (Å²) < 4.78 is 0. The number of amides is 1. The monoisotopic (exact) mass is 595 g/mol. The average Bonchev–Trinajstić information content (AvgIpc) is 2.99. The first kappa shape index (κ1) is 31.9. The van der Waals surface area contributed by atoms with Gasteiger partial charge in [-0.05, 0) is 71.0 Å². The van der Waals surface area contributed by atoms with Crippen molar-refractivity contribution in [3.05, 3.63) is 95.7 Å². The molecule has 1 heterocycles.